The Kier molecular flexibility index (Phi) is 16.2. The number of Topliss-reactive ketones (excluding diaryl/α,β-unsaturated/α-hetero) is 1. The number of hydrogen-bond acceptors (Lipinski definition) is 5. The van der Waals surface area contributed by atoms with Gasteiger partial charge in [-0.05, 0) is 57.6 Å². The fourth-order valence-electron chi connectivity index (χ4n) is 3.86. The second kappa shape index (κ2) is 18.9. The number of allylic oxidation sites excluding steroid dienone is 6. The third-order valence-electron chi connectivity index (χ3n) is 6.05. The number of rotatable bonds is 18. The number of aldehydes is 1. The van der Waals surface area contributed by atoms with Gasteiger partial charge in [-0.3, -0.25) is 14.4 Å². The Morgan fingerprint density at radius 3 is 2.41 bits per heavy atom. The molecule has 0 aliphatic carbocycles. The SMILES string of the molecule is C\C=C/C=C\C=C(/C)C(=O)CCCC(=O)N(CC)[C@@H](Cc1ccccc1)C(=O)NCCCCC(N)C=O. The topological polar surface area (TPSA) is 110 Å². The van der Waals surface area contributed by atoms with Crippen molar-refractivity contribution in [3.63, 3.8) is 0 Å². The minimum Gasteiger partial charge on any atom is -0.354 e. The fourth-order valence-corrected chi connectivity index (χ4v) is 3.86. The summed E-state index contributed by atoms with van der Waals surface area (Å²) in [5.74, 6) is -0.340. The standard InChI is InChI=1S/C30H43N3O4/c1-4-6-7-9-15-24(3)28(35)19-14-20-29(36)33(5-2)27(22-25-16-10-8-11-17-25)30(37)32-21-13-12-18-26(31)23-34/h4,6-11,15-17,23,26-27H,5,12-14,18-22,31H2,1-3H3,(H,32,37)/b6-4-,9-7-,24-15+/t26?,27-/m0/s1. The van der Waals surface area contributed by atoms with Gasteiger partial charge in [-0.25, -0.2) is 0 Å². The predicted octanol–water partition coefficient (Wildman–Crippen LogP) is 4.08. The van der Waals surface area contributed by atoms with Gasteiger partial charge in [0.25, 0.3) is 0 Å². The molecule has 1 aromatic rings. The van der Waals surface area contributed by atoms with Gasteiger partial charge < -0.3 is 20.7 Å². The first-order valence-electron chi connectivity index (χ1n) is 13.1. The van der Waals surface area contributed by atoms with Gasteiger partial charge in [0.2, 0.25) is 11.8 Å². The van der Waals surface area contributed by atoms with E-state index in [-0.39, 0.29) is 30.4 Å². The number of nitrogens with two attached hydrogens (primary N) is 1. The maximum atomic E-state index is 13.2. The van der Waals surface area contributed by atoms with Crippen molar-refractivity contribution in [2.75, 3.05) is 13.1 Å². The number of likely N-dealkylation sites (N-methyl/N-ethyl adjacent to an activating group) is 1. The zero-order valence-corrected chi connectivity index (χ0v) is 22.5. The Bertz CT molecular complexity index is 937. The van der Waals surface area contributed by atoms with Crippen LogP contribution in [0.2, 0.25) is 0 Å². The Labute approximate surface area is 221 Å². The molecule has 3 N–H and O–H groups in total. The highest BCUT2D eigenvalue weighted by molar-refractivity contribution is 5.95. The molecule has 0 aromatic heterocycles. The third kappa shape index (κ3) is 13.0. The van der Waals surface area contributed by atoms with Gasteiger partial charge in [0.05, 0.1) is 6.04 Å². The first-order chi connectivity index (χ1) is 17.8. The van der Waals surface area contributed by atoms with Crippen molar-refractivity contribution in [1.82, 2.24) is 10.2 Å². The normalized spacial score (nSPS) is 13.5. The smallest absolute Gasteiger partial charge is 0.243 e. The molecule has 37 heavy (non-hydrogen) atoms. The minimum atomic E-state index is -0.647. The molecule has 0 radical (unpaired) electrons. The minimum absolute atomic E-state index is 0.00820. The van der Waals surface area contributed by atoms with Crippen LogP contribution >= 0.6 is 0 Å². The zero-order valence-electron chi connectivity index (χ0n) is 22.5. The van der Waals surface area contributed by atoms with Gasteiger partial charge in [-0.15, -0.1) is 0 Å². The summed E-state index contributed by atoms with van der Waals surface area (Å²) in [4.78, 5) is 51.0. The van der Waals surface area contributed by atoms with Crippen LogP contribution in [0, 0.1) is 0 Å². The van der Waals surface area contributed by atoms with Crippen molar-refractivity contribution in [3.8, 4) is 0 Å². The summed E-state index contributed by atoms with van der Waals surface area (Å²) in [6.45, 7) is 6.39. The molecule has 1 aromatic carbocycles. The summed E-state index contributed by atoms with van der Waals surface area (Å²) in [6.07, 6.45) is 13.3. The van der Waals surface area contributed by atoms with Gasteiger partial charge in [0, 0.05) is 32.4 Å². The summed E-state index contributed by atoms with van der Waals surface area (Å²) in [7, 11) is 0. The number of carbonyl (C=O) groups is 4. The molecule has 0 aliphatic heterocycles. The Morgan fingerprint density at radius 2 is 1.76 bits per heavy atom. The van der Waals surface area contributed by atoms with Gasteiger partial charge in [0.15, 0.2) is 5.78 Å². The van der Waals surface area contributed by atoms with Gasteiger partial charge >= 0.3 is 0 Å². The number of hydrogen-bond donors (Lipinski definition) is 2. The van der Waals surface area contributed by atoms with Gasteiger partial charge in [-0.2, -0.15) is 0 Å². The van der Waals surface area contributed by atoms with E-state index in [1.807, 2.05) is 68.5 Å². The van der Waals surface area contributed by atoms with E-state index in [2.05, 4.69) is 5.32 Å². The van der Waals surface area contributed by atoms with Crippen molar-refractivity contribution in [3.05, 3.63) is 71.8 Å². The molecule has 2 amide bonds. The number of amides is 2. The van der Waals surface area contributed by atoms with E-state index in [9.17, 15) is 19.2 Å². The van der Waals surface area contributed by atoms with E-state index in [4.69, 9.17) is 5.73 Å². The lowest BCUT2D eigenvalue weighted by Crippen LogP contribution is -2.51. The van der Waals surface area contributed by atoms with E-state index < -0.39 is 12.1 Å². The van der Waals surface area contributed by atoms with E-state index in [1.165, 1.54) is 0 Å². The largest absolute Gasteiger partial charge is 0.354 e. The predicted molar refractivity (Wildman–Crippen MR) is 149 cm³/mol. The lowest BCUT2D eigenvalue weighted by atomic mass is 10.0. The summed E-state index contributed by atoms with van der Waals surface area (Å²) >= 11 is 0. The fraction of sp³-hybridized carbons (Fsp3) is 0.467. The maximum Gasteiger partial charge on any atom is 0.243 e. The van der Waals surface area contributed by atoms with Gasteiger partial charge in [0.1, 0.15) is 12.3 Å². The van der Waals surface area contributed by atoms with Crippen LogP contribution in [-0.2, 0) is 25.6 Å². The number of nitrogens with one attached hydrogen (secondary N) is 1. The highest BCUT2D eigenvalue weighted by Gasteiger charge is 2.28. The Hall–Kier alpha value is -3.32. The highest BCUT2D eigenvalue weighted by atomic mass is 16.2. The van der Waals surface area contributed by atoms with Crippen molar-refractivity contribution in [2.45, 2.75) is 77.8 Å². The molecular formula is C30H43N3O4. The number of nitrogens with zero attached hydrogens (tertiary/aromatic N) is 1. The number of benzene rings is 1. The molecule has 0 fully saturated rings. The lowest BCUT2D eigenvalue weighted by molar-refractivity contribution is -0.140. The van der Waals surface area contributed by atoms with E-state index >= 15 is 0 Å². The van der Waals surface area contributed by atoms with Crippen molar-refractivity contribution in [1.29, 1.82) is 0 Å². The molecule has 0 saturated carbocycles. The monoisotopic (exact) mass is 509 g/mol. The second-order valence-corrected chi connectivity index (χ2v) is 9.01. The quantitative estimate of drug-likeness (QED) is 0.134. The first-order valence-corrected chi connectivity index (χ1v) is 13.1. The van der Waals surface area contributed by atoms with E-state index in [1.54, 1.807) is 17.9 Å². The molecular weight excluding hydrogens is 466 g/mol. The molecule has 7 nitrogen and oxygen atoms in total. The summed E-state index contributed by atoms with van der Waals surface area (Å²) in [5.41, 5.74) is 7.23. The van der Waals surface area contributed by atoms with Crippen LogP contribution in [0.3, 0.4) is 0 Å². The van der Waals surface area contributed by atoms with Crippen LogP contribution in [0.5, 0.6) is 0 Å². The van der Waals surface area contributed by atoms with E-state index in [0.717, 1.165) is 18.3 Å². The van der Waals surface area contributed by atoms with Crippen molar-refractivity contribution < 1.29 is 19.2 Å². The second-order valence-electron chi connectivity index (χ2n) is 9.01. The summed E-state index contributed by atoms with van der Waals surface area (Å²) in [5, 5.41) is 2.95. The van der Waals surface area contributed by atoms with Crippen LogP contribution < -0.4 is 11.1 Å². The van der Waals surface area contributed by atoms with E-state index in [0.29, 0.717) is 44.3 Å². The average Bonchev–Trinajstić information content (AvgIpc) is 2.90. The molecule has 0 bridgehead atoms. The van der Waals surface area contributed by atoms with Crippen LogP contribution in [0.4, 0.5) is 0 Å². The van der Waals surface area contributed by atoms with Crippen LogP contribution in [0.25, 0.3) is 0 Å². The molecule has 7 heteroatoms. The maximum absolute atomic E-state index is 13.2. The van der Waals surface area contributed by atoms with Gasteiger partial charge in [-0.1, -0.05) is 60.7 Å². The molecule has 0 saturated heterocycles. The van der Waals surface area contributed by atoms with Crippen LogP contribution in [-0.4, -0.2) is 54.0 Å². The summed E-state index contributed by atoms with van der Waals surface area (Å²) < 4.78 is 0. The lowest BCUT2D eigenvalue weighted by Gasteiger charge is -2.30. The summed E-state index contributed by atoms with van der Waals surface area (Å²) in [6, 6.07) is 8.49. The van der Waals surface area contributed by atoms with Crippen molar-refractivity contribution >= 4 is 23.9 Å². The first kappa shape index (κ1) is 31.7. The number of unbranched alkanes of at least 4 members (excludes halogenated alkanes) is 1. The Morgan fingerprint density at radius 1 is 1.03 bits per heavy atom. The zero-order chi connectivity index (χ0) is 27.5. The van der Waals surface area contributed by atoms with Crippen LogP contribution in [0.15, 0.2) is 66.3 Å². The molecule has 0 spiro atoms. The average molecular weight is 510 g/mol. The molecule has 1 rings (SSSR count). The number of ketones is 1. The molecule has 1 unspecified atom stereocenters. The van der Waals surface area contributed by atoms with Crippen molar-refractivity contribution in [2.24, 2.45) is 5.73 Å². The molecule has 2 atom stereocenters. The molecule has 0 aliphatic rings. The molecule has 0 heterocycles. The highest BCUT2D eigenvalue weighted by Crippen LogP contribution is 2.14. The molecule has 202 valence electrons. The third-order valence-corrected chi connectivity index (χ3v) is 6.05. The number of carbonyl (C=O) groups excluding carboxylic acids is 4. The van der Waals surface area contributed by atoms with Crippen LogP contribution in [0.1, 0.15) is 64.9 Å². The Balaban J connectivity index is 2.77.